The fourth-order valence-corrected chi connectivity index (χ4v) is 4.26. The topological polar surface area (TPSA) is 96.6 Å². The van der Waals surface area contributed by atoms with E-state index in [9.17, 15) is 5.11 Å². The molecule has 1 aliphatic heterocycles. The molecule has 3 aromatic rings. The lowest BCUT2D eigenvalue weighted by Gasteiger charge is -2.29. The van der Waals surface area contributed by atoms with Crippen molar-refractivity contribution in [2.24, 2.45) is 12.0 Å². The summed E-state index contributed by atoms with van der Waals surface area (Å²) in [5.74, 6) is 3.11. The lowest BCUT2D eigenvalue weighted by molar-refractivity contribution is 0.0620. The van der Waals surface area contributed by atoms with Gasteiger partial charge in [0.2, 0.25) is 0 Å². The highest BCUT2D eigenvalue weighted by Gasteiger charge is 2.26. The molecule has 0 amide bonds. The highest BCUT2D eigenvalue weighted by Crippen LogP contribution is 2.31. The zero-order valence-corrected chi connectivity index (χ0v) is 21.6. The third kappa shape index (κ3) is 5.59. The molecule has 172 valence electrons. The Morgan fingerprint density at radius 1 is 1.34 bits per heavy atom. The number of aliphatic imine (C=N–C) groups is 1. The first-order chi connectivity index (χ1) is 14.9. The summed E-state index contributed by atoms with van der Waals surface area (Å²) < 4.78 is 7.71. The monoisotopic (exact) mass is 568 g/mol. The van der Waals surface area contributed by atoms with Crippen LogP contribution in [0.3, 0.4) is 0 Å². The van der Waals surface area contributed by atoms with Crippen LogP contribution in [0.15, 0.2) is 46.1 Å². The molecule has 0 fully saturated rings. The van der Waals surface area contributed by atoms with Crippen LogP contribution in [-0.4, -0.2) is 39.0 Å². The van der Waals surface area contributed by atoms with Gasteiger partial charge in [0.1, 0.15) is 23.7 Å². The fraction of sp³-hybridized carbons (Fsp3) is 0.409. The molecule has 0 radical (unpaired) electrons. The first-order valence-corrected chi connectivity index (χ1v) is 11.2. The predicted molar refractivity (Wildman–Crippen MR) is 137 cm³/mol. The Balaban J connectivity index is 0.00000289. The molecule has 3 heterocycles. The minimum atomic E-state index is -1.02. The van der Waals surface area contributed by atoms with E-state index in [1.54, 1.807) is 18.3 Å². The second-order valence-electron chi connectivity index (χ2n) is 7.90. The third-order valence-corrected chi connectivity index (χ3v) is 6.26. The number of ether oxygens (including phenoxy) is 1. The molecule has 0 spiro atoms. The number of hydrogen-bond acceptors (Lipinski definition) is 6. The number of guanidine groups is 1. The Morgan fingerprint density at radius 2 is 2.16 bits per heavy atom. The normalized spacial score (nSPS) is 17.5. The highest BCUT2D eigenvalue weighted by molar-refractivity contribution is 14.0. The number of para-hydroxylation sites is 1. The SMILES string of the molecule is Cc1nnc(CN=C(NCC(C)(O)c2ccsc2)NC2CCOc3ccccc32)n1C.I. The Morgan fingerprint density at radius 3 is 2.88 bits per heavy atom. The van der Waals surface area contributed by atoms with Gasteiger partial charge in [0.05, 0.1) is 19.2 Å². The van der Waals surface area contributed by atoms with E-state index in [0.717, 1.165) is 34.9 Å². The average molecular weight is 568 g/mol. The standard InChI is InChI=1S/C22H28N6O2S.HI/c1-15-26-27-20(28(15)3)12-23-21(24-14-22(2,29)16-9-11-31-13-16)25-18-8-10-30-19-7-5-4-6-17(18)19;/h4-7,9,11,13,18,29H,8,10,12,14H2,1-3H3,(H2,23,24,25);1H. The first-order valence-electron chi connectivity index (χ1n) is 10.3. The van der Waals surface area contributed by atoms with E-state index in [0.29, 0.717) is 25.7 Å². The van der Waals surface area contributed by atoms with Crippen LogP contribution in [-0.2, 0) is 19.2 Å². The molecule has 0 saturated carbocycles. The number of benzene rings is 1. The molecule has 2 atom stereocenters. The van der Waals surface area contributed by atoms with Crippen LogP contribution in [0.4, 0.5) is 0 Å². The van der Waals surface area contributed by atoms with Crippen molar-refractivity contribution in [2.45, 2.75) is 38.5 Å². The van der Waals surface area contributed by atoms with Gasteiger partial charge in [0.25, 0.3) is 0 Å². The van der Waals surface area contributed by atoms with Crippen LogP contribution in [0.25, 0.3) is 0 Å². The minimum Gasteiger partial charge on any atom is -0.493 e. The summed E-state index contributed by atoms with van der Waals surface area (Å²) in [6.07, 6.45) is 0.821. The van der Waals surface area contributed by atoms with Crippen molar-refractivity contribution in [1.82, 2.24) is 25.4 Å². The Labute approximate surface area is 209 Å². The molecule has 1 aliphatic rings. The molecular weight excluding hydrogens is 539 g/mol. The number of aliphatic hydroxyl groups is 1. The van der Waals surface area contributed by atoms with Crippen LogP contribution in [0.2, 0.25) is 0 Å². The van der Waals surface area contributed by atoms with Crippen molar-refractivity contribution in [2.75, 3.05) is 13.2 Å². The number of aryl methyl sites for hydroxylation is 1. The predicted octanol–water partition coefficient (Wildman–Crippen LogP) is 3.27. The zero-order chi connectivity index (χ0) is 21.8. The van der Waals surface area contributed by atoms with Crippen molar-refractivity contribution >= 4 is 41.3 Å². The maximum absolute atomic E-state index is 10.9. The zero-order valence-electron chi connectivity index (χ0n) is 18.4. The molecule has 3 N–H and O–H groups in total. The maximum Gasteiger partial charge on any atom is 0.192 e. The molecule has 2 aromatic heterocycles. The number of nitrogens with one attached hydrogen (secondary N) is 2. The summed E-state index contributed by atoms with van der Waals surface area (Å²) in [5.41, 5.74) is 0.962. The molecular formula is C22H29IN6O2S. The van der Waals surface area contributed by atoms with Crippen LogP contribution in [0.1, 0.15) is 42.2 Å². The minimum absolute atomic E-state index is 0. The van der Waals surface area contributed by atoms with Crippen LogP contribution in [0, 0.1) is 6.92 Å². The smallest absolute Gasteiger partial charge is 0.192 e. The van der Waals surface area contributed by atoms with Gasteiger partial charge < -0.3 is 25.0 Å². The van der Waals surface area contributed by atoms with Crippen LogP contribution < -0.4 is 15.4 Å². The Bertz CT molecular complexity index is 1050. The van der Waals surface area contributed by atoms with Gasteiger partial charge in [-0.1, -0.05) is 18.2 Å². The Hall–Kier alpha value is -2.18. The molecule has 0 bridgehead atoms. The van der Waals surface area contributed by atoms with Crippen LogP contribution >= 0.6 is 35.3 Å². The maximum atomic E-state index is 10.9. The summed E-state index contributed by atoms with van der Waals surface area (Å²) in [6, 6.07) is 10.0. The van der Waals surface area contributed by atoms with E-state index in [2.05, 4.69) is 26.9 Å². The lowest BCUT2D eigenvalue weighted by Crippen LogP contribution is -2.46. The van der Waals surface area contributed by atoms with Gasteiger partial charge >= 0.3 is 0 Å². The first kappa shape index (κ1) is 24.5. The number of rotatable bonds is 6. The van der Waals surface area contributed by atoms with Crippen molar-refractivity contribution in [3.05, 3.63) is 63.9 Å². The quantitative estimate of drug-likeness (QED) is 0.240. The summed E-state index contributed by atoms with van der Waals surface area (Å²) in [4.78, 5) is 4.74. The van der Waals surface area contributed by atoms with Crippen molar-refractivity contribution in [3.63, 3.8) is 0 Å². The largest absolute Gasteiger partial charge is 0.493 e. The van der Waals surface area contributed by atoms with Gasteiger partial charge in [-0.05, 0) is 42.3 Å². The van der Waals surface area contributed by atoms with E-state index in [1.807, 2.05) is 53.6 Å². The van der Waals surface area contributed by atoms with Gasteiger partial charge in [0.15, 0.2) is 11.8 Å². The van der Waals surface area contributed by atoms with Crippen LogP contribution in [0.5, 0.6) is 5.75 Å². The summed E-state index contributed by atoms with van der Waals surface area (Å²) >= 11 is 1.57. The van der Waals surface area contributed by atoms with E-state index in [4.69, 9.17) is 9.73 Å². The molecule has 0 saturated heterocycles. The summed E-state index contributed by atoms with van der Waals surface area (Å²) in [7, 11) is 1.93. The number of fused-ring (bicyclic) bond motifs is 1. The molecule has 10 heteroatoms. The second kappa shape index (κ2) is 10.6. The summed E-state index contributed by atoms with van der Waals surface area (Å²) in [6.45, 7) is 5.04. The Kier molecular flexibility index (Phi) is 8.12. The van der Waals surface area contributed by atoms with Crippen molar-refractivity contribution in [3.8, 4) is 5.75 Å². The highest BCUT2D eigenvalue weighted by atomic mass is 127. The van der Waals surface area contributed by atoms with Crippen molar-refractivity contribution < 1.29 is 9.84 Å². The number of aromatic nitrogens is 3. The average Bonchev–Trinajstić information content (AvgIpc) is 3.42. The van der Waals surface area contributed by atoms with E-state index < -0.39 is 5.60 Å². The molecule has 0 aliphatic carbocycles. The third-order valence-electron chi connectivity index (χ3n) is 5.57. The number of halogens is 1. The van der Waals surface area contributed by atoms with Gasteiger partial charge in [0, 0.05) is 19.0 Å². The van der Waals surface area contributed by atoms with E-state index in [1.165, 1.54) is 0 Å². The number of hydrogen-bond donors (Lipinski definition) is 3. The number of nitrogens with zero attached hydrogens (tertiary/aromatic N) is 4. The van der Waals surface area contributed by atoms with E-state index >= 15 is 0 Å². The van der Waals surface area contributed by atoms with Gasteiger partial charge in [-0.3, -0.25) is 0 Å². The fourth-order valence-electron chi connectivity index (χ4n) is 3.48. The number of thiophene rings is 1. The summed E-state index contributed by atoms with van der Waals surface area (Å²) in [5, 5.41) is 30.0. The molecule has 1 aromatic carbocycles. The lowest BCUT2D eigenvalue weighted by atomic mass is 9.99. The van der Waals surface area contributed by atoms with Gasteiger partial charge in [-0.2, -0.15) is 11.3 Å². The molecule has 4 rings (SSSR count). The molecule has 32 heavy (non-hydrogen) atoms. The van der Waals surface area contributed by atoms with Gasteiger partial charge in [-0.15, -0.1) is 34.2 Å². The van der Waals surface area contributed by atoms with Gasteiger partial charge in [-0.25, -0.2) is 4.99 Å². The second-order valence-corrected chi connectivity index (χ2v) is 8.68. The van der Waals surface area contributed by atoms with Crippen molar-refractivity contribution in [1.29, 1.82) is 0 Å². The molecule has 8 nitrogen and oxygen atoms in total. The van der Waals surface area contributed by atoms with E-state index in [-0.39, 0.29) is 30.0 Å². The molecule has 2 unspecified atom stereocenters.